The fourth-order valence-electron chi connectivity index (χ4n) is 3.43. The van der Waals surface area contributed by atoms with E-state index in [0.717, 1.165) is 28.4 Å². The molecule has 4 aromatic rings. The van der Waals surface area contributed by atoms with Gasteiger partial charge in [0.15, 0.2) is 0 Å². The molecule has 0 radical (unpaired) electrons. The summed E-state index contributed by atoms with van der Waals surface area (Å²) in [5, 5.41) is 3.03. The Bertz CT molecular complexity index is 1160. The molecule has 0 aliphatic rings. The molecule has 7 nitrogen and oxygen atoms in total. The van der Waals surface area contributed by atoms with Crippen molar-refractivity contribution in [1.29, 1.82) is 0 Å². The number of carbonyl (C=O) groups excluding carboxylic acids is 1. The second-order valence-corrected chi connectivity index (χ2v) is 7.07. The van der Waals surface area contributed by atoms with Gasteiger partial charge in [0.1, 0.15) is 23.9 Å². The molecule has 2 aromatic heterocycles. The van der Waals surface area contributed by atoms with Crippen molar-refractivity contribution in [2.45, 2.75) is 19.5 Å². The minimum Gasteiger partial charge on any atom is -0.497 e. The van der Waals surface area contributed by atoms with Crippen LogP contribution in [0.3, 0.4) is 0 Å². The fourth-order valence-corrected chi connectivity index (χ4v) is 3.43. The Hall–Kier alpha value is -3.87. The van der Waals surface area contributed by atoms with E-state index in [-0.39, 0.29) is 11.9 Å². The molecular weight excluding hydrogens is 392 g/mol. The van der Waals surface area contributed by atoms with Gasteiger partial charge >= 0.3 is 0 Å². The number of nitrogens with zero attached hydrogens (tertiary/aromatic N) is 3. The molecule has 1 amide bonds. The summed E-state index contributed by atoms with van der Waals surface area (Å²) in [6, 6.07) is 18.5. The summed E-state index contributed by atoms with van der Waals surface area (Å²) in [6.45, 7) is 2.99. The molecule has 2 heterocycles. The third kappa shape index (κ3) is 4.66. The zero-order chi connectivity index (χ0) is 21.6. The van der Waals surface area contributed by atoms with Crippen molar-refractivity contribution in [3.63, 3.8) is 0 Å². The van der Waals surface area contributed by atoms with Gasteiger partial charge in [-0.15, -0.1) is 0 Å². The zero-order valence-electron chi connectivity index (χ0n) is 17.5. The highest BCUT2D eigenvalue weighted by molar-refractivity contribution is 5.94. The van der Waals surface area contributed by atoms with Crippen molar-refractivity contribution in [2.75, 3.05) is 13.7 Å². The van der Waals surface area contributed by atoms with Gasteiger partial charge in [-0.3, -0.25) is 9.78 Å². The van der Waals surface area contributed by atoms with Crippen LogP contribution in [0.2, 0.25) is 0 Å². The first-order valence-electron chi connectivity index (χ1n) is 10.1. The zero-order valence-corrected chi connectivity index (χ0v) is 17.5. The van der Waals surface area contributed by atoms with E-state index >= 15 is 0 Å². The van der Waals surface area contributed by atoms with E-state index in [0.29, 0.717) is 18.7 Å². The minimum absolute atomic E-state index is 0.164. The second kappa shape index (κ2) is 9.30. The van der Waals surface area contributed by atoms with E-state index in [1.54, 1.807) is 31.6 Å². The predicted molar refractivity (Wildman–Crippen MR) is 118 cm³/mol. The number of fused-ring (bicyclic) bond motifs is 1. The maximum absolute atomic E-state index is 12.6. The Kier molecular flexibility index (Phi) is 6.12. The summed E-state index contributed by atoms with van der Waals surface area (Å²) in [6.07, 6.45) is 3.21. The first-order chi connectivity index (χ1) is 15.2. The number of carbonyl (C=O) groups is 1. The average molecular weight is 416 g/mol. The van der Waals surface area contributed by atoms with Gasteiger partial charge in [0.2, 0.25) is 0 Å². The van der Waals surface area contributed by atoms with Gasteiger partial charge in [-0.25, -0.2) is 4.98 Å². The van der Waals surface area contributed by atoms with E-state index < -0.39 is 0 Å². The molecule has 0 saturated carbocycles. The van der Waals surface area contributed by atoms with Gasteiger partial charge in [0.25, 0.3) is 5.91 Å². The van der Waals surface area contributed by atoms with Crippen molar-refractivity contribution in [3.05, 3.63) is 84.4 Å². The van der Waals surface area contributed by atoms with Crippen LogP contribution in [0, 0.1) is 0 Å². The van der Waals surface area contributed by atoms with Gasteiger partial charge < -0.3 is 19.4 Å². The minimum atomic E-state index is -0.283. The maximum atomic E-state index is 12.6. The lowest BCUT2D eigenvalue weighted by molar-refractivity contribution is 0.0937. The van der Waals surface area contributed by atoms with Crippen LogP contribution in [0.4, 0.5) is 0 Å². The number of rotatable bonds is 8. The van der Waals surface area contributed by atoms with Crippen LogP contribution in [0.15, 0.2) is 73.1 Å². The number of methoxy groups -OCH3 is 1. The van der Waals surface area contributed by atoms with E-state index in [9.17, 15) is 4.79 Å². The number of imidazole rings is 1. The Morgan fingerprint density at radius 2 is 1.74 bits per heavy atom. The highest BCUT2D eigenvalue weighted by Crippen LogP contribution is 2.22. The van der Waals surface area contributed by atoms with Crippen molar-refractivity contribution in [3.8, 4) is 11.5 Å². The molecule has 158 valence electrons. The van der Waals surface area contributed by atoms with Crippen LogP contribution in [-0.2, 0) is 6.54 Å². The molecule has 31 heavy (non-hydrogen) atoms. The molecule has 0 bridgehead atoms. The smallest absolute Gasteiger partial charge is 0.251 e. The number of pyridine rings is 1. The lowest BCUT2D eigenvalue weighted by atomic mass is 10.2. The summed E-state index contributed by atoms with van der Waals surface area (Å²) in [5.74, 6) is 2.17. The standard InChI is InChI=1S/C24H24N4O3/c1-17(26-24(29)18-11-13-25-14-12-18)23-27-21-5-3-4-6-22(21)28(23)15-16-31-20-9-7-19(30-2)8-10-20/h3-14,17H,15-16H2,1-2H3,(H,26,29). The number of para-hydroxylation sites is 2. The number of aromatic nitrogens is 3. The van der Waals surface area contributed by atoms with E-state index in [1.807, 2.05) is 55.5 Å². The third-order valence-corrected chi connectivity index (χ3v) is 5.00. The van der Waals surface area contributed by atoms with Crippen LogP contribution in [0.5, 0.6) is 11.5 Å². The molecule has 4 rings (SSSR count). The molecule has 0 aliphatic heterocycles. The number of ether oxygens (including phenoxy) is 2. The SMILES string of the molecule is COc1ccc(OCCn2c(C(C)NC(=O)c3ccncc3)nc3ccccc32)cc1. The van der Waals surface area contributed by atoms with Gasteiger partial charge in [-0.1, -0.05) is 12.1 Å². The van der Waals surface area contributed by atoms with Crippen LogP contribution in [0.25, 0.3) is 11.0 Å². The molecule has 1 N–H and O–H groups in total. The Morgan fingerprint density at radius 3 is 2.48 bits per heavy atom. The number of hydrogen-bond donors (Lipinski definition) is 1. The van der Waals surface area contributed by atoms with Crippen LogP contribution < -0.4 is 14.8 Å². The lowest BCUT2D eigenvalue weighted by Gasteiger charge is -2.17. The fraction of sp³-hybridized carbons (Fsp3) is 0.208. The molecule has 0 aliphatic carbocycles. The van der Waals surface area contributed by atoms with Gasteiger partial charge in [-0.05, 0) is 55.5 Å². The van der Waals surface area contributed by atoms with Crippen LogP contribution >= 0.6 is 0 Å². The highest BCUT2D eigenvalue weighted by atomic mass is 16.5. The van der Waals surface area contributed by atoms with E-state index in [4.69, 9.17) is 14.5 Å². The lowest BCUT2D eigenvalue weighted by Crippen LogP contribution is -2.29. The van der Waals surface area contributed by atoms with Gasteiger partial charge in [-0.2, -0.15) is 0 Å². The topological polar surface area (TPSA) is 78.3 Å². The second-order valence-electron chi connectivity index (χ2n) is 7.07. The van der Waals surface area contributed by atoms with Crippen LogP contribution in [-0.4, -0.2) is 34.2 Å². The van der Waals surface area contributed by atoms with Crippen molar-refractivity contribution in [2.24, 2.45) is 0 Å². The maximum Gasteiger partial charge on any atom is 0.251 e. The number of benzene rings is 2. The first-order valence-corrected chi connectivity index (χ1v) is 10.1. The summed E-state index contributed by atoms with van der Waals surface area (Å²) in [7, 11) is 1.64. The summed E-state index contributed by atoms with van der Waals surface area (Å²) < 4.78 is 13.2. The molecule has 0 saturated heterocycles. The van der Waals surface area contributed by atoms with Crippen molar-refractivity contribution >= 4 is 16.9 Å². The number of amides is 1. The molecule has 0 fully saturated rings. The summed E-state index contributed by atoms with van der Waals surface area (Å²) >= 11 is 0. The highest BCUT2D eigenvalue weighted by Gasteiger charge is 2.19. The number of hydrogen-bond acceptors (Lipinski definition) is 5. The largest absolute Gasteiger partial charge is 0.497 e. The summed E-state index contributed by atoms with van der Waals surface area (Å²) in [4.78, 5) is 21.3. The molecular formula is C24H24N4O3. The molecule has 0 spiro atoms. The van der Waals surface area contributed by atoms with Gasteiger partial charge in [0, 0.05) is 18.0 Å². The van der Waals surface area contributed by atoms with Crippen molar-refractivity contribution in [1.82, 2.24) is 19.9 Å². The molecule has 1 atom stereocenters. The van der Waals surface area contributed by atoms with E-state index in [2.05, 4.69) is 14.9 Å². The normalized spacial score (nSPS) is 11.8. The van der Waals surface area contributed by atoms with E-state index in [1.165, 1.54) is 0 Å². The molecule has 2 aromatic carbocycles. The number of nitrogens with one attached hydrogen (secondary N) is 1. The van der Waals surface area contributed by atoms with Crippen LogP contribution in [0.1, 0.15) is 29.1 Å². The first kappa shape index (κ1) is 20.4. The average Bonchev–Trinajstić information content (AvgIpc) is 3.19. The molecule has 1 unspecified atom stereocenters. The molecule has 7 heteroatoms. The Balaban J connectivity index is 1.51. The third-order valence-electron chi connectivity index (χ3n) is 5.00. The predicted octanol–water partition coefficient (Wildman–Crippen LogP) is 4.01. The monoisotopic (exact) mass is 416 g/mol. The Morgan fingerprint density at radius 1 is 1.03 bits per heavy atom. The quantitative estimate of drug-likeness (QED) is 0.470. The van der Waals surface area contributed by atoms with Gasteiger partial charge in [0.05, 0.1) is 30.7 Å². The Labute approximate surface area is 180 Å². The van der Waals surface area contributed by atoms with Crippen molar-refractivity contribution < 1.29 is 14.3 Å². The summed E-state index contributed by atoms with van der Waals surface area (Å²) in [5.41, 5.74) is 2.44.